The lowest BCUT2D eigenvalue weighted by Gasteiger charge is -2.19. The number of carboxylic acid groups (broad SMARTS) is 1. The Bertz CT molecular complexity index is 593. The van der Waals surface area contributed by atoms with Gasteiger partial charge in [0.1, 0.15) is 5.75 Å². The van der Waals surface area contributed by atoms with Gasteiger partial charge in [0.25, 0.3) is 0 Å². The van der Waals surface area contributed by atoms with E-state index in [1.54, 1.807) is 7.11 Å². The van der Waals surface area contributed by atoms with Gasteiger partial charge >= 0.3 is 5.97 Å². The SMILES string of the molecule is COC(C(=O)O)=C(OC)c1ccc([SiH3])c(CCC(C)C)c1OC. The van der Waals surface area contributed by atoms with E-state index in [4.69, 9.17) is 14.2 Å². The van der Waals surface area contributed by atoms with Crippen LogP contribution in [0.3, 0.4) is 0 Å². The van der Waals surface area contributed by atoms with E-state index in [1.807, 2.05) is 12.1 Å². The fourth-order valence-electron chi connectivity index (χ4n) is 2.48. The highest BCUT2D eigenvalue weighted by Crippen LogP contribution is 2.32. The number of carbonyl (C=O) groups is 1. The van der Waals surface area contributed by atoms with E-state index in [9.17, 15) is 9.90 Å². The summed E-state index contributed by atoms with van der Waals surface area (Å²) in [6.07, 6.45) is 1.93. The van der Waals surface area contributed by atoms with Crippen molar-refractivity contribution in [3.05, 3.63) is 29.0 Å². The lowest BCUT2D eigenvalue weighted by atomic mass is 9.98. The summed E-state index contributed by atoms with van der Waals surface area (Å²) in [6, 6.07) is 3.84. The van der Waals surface area contributed by atoms with Crippen molar-refractivity contribution in [1.29, 1.82) is 0 Å². The Morgan fingerprint density at radius 3 is 2.30 bits per heavy atom. The molecule has 0 aliphatic heterocycles. The van der Waals surface area contributed by atoms with Crippen molar-refractivity contribution in [2.75, 3.05) is 21.3 Å². The van der Waals surface area contributed by atoms with Gasteiger partial charge in [0, 0.05) is 10.2 Å². The van der Waals surface area contributed by atoms with Crippen molar-refractivity contribution in [2.24, 2.45) is 5.92 Å². The monoisotopic (exact) mass is 338 g/mol. The Morgan fingerprint density at radius 2 is 1.87 bits per heavy atom. The number of hydrogen-bond donors (Lipinski definition) is 1. The number of aliphatic carboxylic acids is 1. The molecule has 0 unspecified atom stereocenters. The van der Waals surface area contributed by atoms with Crippen LogP contribution in [0.1, 0.15) is 31.4 Å². The largest absolute Gasteiger partial charge is 0.496 e. The number of ether oxygens (including phenoxy) is 3. The Labute approximate surface area is 140 Å². The fraction of sp³-hybridized carbons (Fsp3) is 0.471. The maximum atomic E-state index is 11.4. The highest BCUT2D eigenvalue weighted by atomic mass is 28.1. The second-order valence-electron chi connectivity index (χ2n) is 5.75. The van der Waals surface area contributed by atoms with Crippen molar-refractivity contribution in [3.63, 3.8) is 0 Å². The molecule has 0 saturated carbocycles. The topological polar surface area (TPSA) is 65.0 Å². The van der Waals surface area contributed by atoms with Crippen molar-refractivity contribution in [1.82, 2.24) is 0 Å². The van der Waals surface area contributed by atoms with E-state index >= 15 is 0 Å². The number of rotatable bonds is 8. The first-order valence-corrected chi connectivity index (χ1v) is 8.59. The van der Waals surface area contributed by atoms with Crippen LogP contribution in [0.4, 0.5) is 0 Å². The first-order chi connectivity index (χ1) is 10.9. The van der Waals surface area contributed by atoms with E-state index in [0.29, 0.717) is 17.2 Å². The molecule has 0 aliphatic rings. The van der Waals surface area contributed by atoms with Gasteiger partial charge < -0.3 is 19.3 Å². The van der Waals surface area contributed by atoms with Gasteiger partial charge in [-0.1, -0.05) is 25.1 Å². The molecule has 0 aliphatic carbocycles. The average Bonchev–Trinajstić information content (AvgIpc) is 2.50. The molecule has 5 nitrogen and oxygen atoms in total. The third-order valence-electron chi connectivity index (χ3n) is 3.72. The molecule has 0 spiro atoms. The van der Waals surface area contributed by atoms with E-state index < -0.39 is 5.97 Å². The Balaban J connectivity index is 3.52. The minimum atomic E-state index is -1.18. The van der Waals surface area contributed by atoms with Gasteiger partial charge in [-0.05, 0) is 30.4 Å². The number of methoxy groups -OCH3 is 3. The summed E-state index contributed by atoms with van der Waals surface area (Å²) in [4.78, 5) is 11.4. The van der Waals surface area contributed by atoms with E-state index in [1.165, 1.54) is 19.4 Å². The number of hydrogen-bond acceptors (Lipinski definition) is 4. The molecule has 0 heterocycles. The highest BCUT2D eigenvalue weighted by Gasteiger charge is 2.23. The van der Waals surface area contributed by atoms with Crippen LogP contribution in [0.5, 0.6) is 5.75 Å². The summed E-state index contributed by atoms with van der Waals surface area (Å²) >= 11 is 0. The van der Waals surface area contributed by atoms with Crippen LogP contribution in [0.15, 0.2) is 17.9 Å². The van der Waals surface area contributed by atoms with Crippen LogP contribution >= 0.6 is 0 Å². The van der Waals surface area contributed by atoms with Gasteiger partial charge in [-0.3, -0.25) is 0 Å². The second-order valence-corrected chi connectivity index (χ2v) is 6.82. The molecule has 0 radical (unpaired) electrons. The van der Waals surface area contributed by atoms with Crippen LogP contribution < -0.4 is 9.92 Å². The molecule has 23 heavy (non-hydrogen) atoms. The van der Waals surface area contributed by atoms with Gasteiger partial charge in [0.05, 0.1) is 26.9 Å². The summed E-state index contributed by atoms with van der Waals surface area (Å²) in [5.74, 6) is 0.0114. The zero-order valence-electron chi connectivity index (χ0n) is 14.7. The zero-order valence-corrected chi connectivity index (χ0v) is 16.7. The molecule has 0 aromatic heterocycles. The molecule has 1 rings (SSSR count). The lowest BCUT2D eigenvalue weighted by Crippen LogP contribution is -2.16. The average molecular weight is 338 g/mol. The molecular weight excluding hydrogens is 312 g/mol. The summed E-state index contributed by atoms with van der Waals surface area (Å²) < 4.78 is 15.9. The zero-order chi connectivity index (χ0) is 17.6. The van der Waals surface area contributed by atoms with Crippen LogP contribution in [0, 0.1) is 5.92 Å². The molecule has 1 aromatic carbocycles. The molecule has 0 saturated heterocycles. The van der Waals surface area contributed by atoms with Crippen LogP contribution in [-0.2, 0) is 20.7 Å². The van der Waals surface area contributed by atoms with Crippen molar-refractivity contribution >= 4 is 27.2 Å². The molecule has 128 valence electrons. The maximum Gasteiger partial charge on any atom is 0.375 e. The second kappa shape index (κ2) is 8.62. The van der Waals surface area contributed by atoms with Crippen LogP contribution in [0.2, 0.25) is 0 Å². The number of carboxylic acids is 1. The molecule has 1 N–H and O–H groups in total. The Morgan fingerprint density at radius 1 is 1.22 bits per heavy atom. The maximum absolute atomic E-state index is 11.4. The van der Waals surface area contributed by atoms with Crippen LogP contribution in [-0.4, -0.2) is 42.6 Å². The van der Waals surface area contributed by atoms with Gasteiger partial charge in [-0.25, -0.2) is 4.79 Å². The first-order valence-electron chi connectivity index (χ1n) is 7.59. The molecule has 0 bridgehead atoms. The van der Waals surface area contributed by atoms with E-state index in [0.717, 1.165) is 28.6 Å². The van der Waals surface area contributed by atoms with E-state index in [-0.39, 0.29) is 11.5 Å². The predicted octanol–water partition coefficient (Wildman–Crippen LogP) is 1.32. The quantitative estimate of drug-likeness (QED) is 0.440. The van der Waals surface area contributed by atoms with Gasteiger partial charge in [0.2, 0.25) is 5.76 Å². The molecule has 1 aromatic rings. The summed E-state index contributed by atoms with van der Waals surface area (Å²) in [6.45, 7) is 4.36. The fourth-order valence-corrected chi connectivity index (χ4v) is 3.13. The van der Waals surface area contributed by atoms with Crippen LogP contribution in [0.25, 0.3) is 5.76 Å². The molecule has 0 amide bonds. The molecule has 6 heteroatoms. The van der Waals surface area contributed by atoms with Gasteiger partial charge in [-0.15, -0.1) is 0 Å². The number of benzene rings is 1. The first kappa shape index (κ1) is 19.1. The van der Waals surface area contributed by atoms with Crippen molar-refractivity contribution in [3.8, 4) is 5.75 Å². The molecule has 0 fully saturated rings. The van der Waals surface area contributed by atoms with E-state index in [2.05, 4.69) is 13.8 Å². The third-order valence-corrected chi connectivity index (χ3v) is 4.66. The Hall–Kier alpha value is -1.95. The third kappa shape index (κ3) is 4.51. The lowest BCUT2D eigenvalue weighted by molar-refractivity contribution is -0.136. The van der Waals surface area contributed by atoms with Gasteiger partial charge in [-0.2, -0.15) is 0 Å². The molecular formula is C17H26O5Si. The minimum Gasteiger partial charge on any atom is -0.496 e. The standard InChI is InChI=1S/C17H26O5Si/c1-10(2)6-7-11-13(23)9-8-12(14(11)20-3)15(21-4)16(22-5)17(18)19/h8-10H,6-7H2,1-5,23H3,(H,18,19). The smallest absolute Gasteiger partial charge is 0.375 e. The Kier molecular flexibility index (Phi) is 7.16. The van der Waals surface area contributed by atoms with Gasteiger partial charge in [0.15, 0.2) is 5.76 Å². The summed E-state index contributed by atoms with van der Waals surface area (Å²) in [7, 11) is 5.23. The summed E-state index contributed by atoms with van der Waals surface area (Å²) in [5.41, 5.74) is 1.73. The highest BCUT2D eigenvalue weighted by molar-refractivity contribution is 6.33. The molecule has 0 atom stereocenters. The summed E-state index contributed by atoms with van der Waals surface area (Å²) in [5, 5.41) is 10.5. The normalized spacial score (nSPS) is 12.1. The van der Waals surface area contributed by atoms with Crippen molar-refractivity contribution in [2.45, 2.75) is 26.7 Å². The predicted molar refractivity (Wildman–Crippen MR) is 94.3 cm³/mol. The van der Waals surface area contributed by atoms with Crippen molar-refractivity contribution < 1.29 is 24.1 Å². The minimum absolute atomic E-state index is 0.171.